The lowest BCUT2D eigenvalue weighted by molar-refractivity contribution is 0.307. The standard InChI is InChI=1S/C17H26N2O/c1-12(2)7-8-20-17-10-14(11-18-15-5-6-15)9-16(19-17)13(3)4/h9-10,13,15,18H,1,5-8,11H2,2-4H3. The summed E-state index contributed by atoms with van der Waals surface area (Å²) < 4.78 is 5.77. The van der Waals surface area contributed by atoms with Crippen molar-refractivity contribution in [3.8, 4) is 5.88 Å². The first-order valence-corrected chi connectivity index (χ1v) is 7.56. The predicted molar refractivity (Wildman–Crippen MR) is 83.1 cm³/mol. The van der Waals surface area contributed by atoms with Gasteiger partial charge in [-0.25, -0.2) is 4.98 Å². The summed E-state index contributed by atoms with van der Waals surface area (Å²) >= 11 is 0. The van der Waals surface area contributed by atoms with Gasteiger partial charge in [-0.1, -0.05) is 19.4 Å². The van der Waals surface area contributed by atoms with Crippen molar-refractivity contribution in [2.24, 2.45) is 0 Å². The molecule has 20 heavy (non-hydrogen) atoms. The average molecular weight is 274 g/mol. The van der Waals surface area contributed by atoms with Gasteiger partial charge in [0.05, 0.1) is 6.61 Å². The molecule has 1 heterocycles. The van der Waals surface area contributed by atoms with Crippen LogP contribution in [0.15, 0.2) is 24.3 Å². The number of nitrogens with one attached hydrogen (secondary N) is 1. The zero-order chi connectivity index (χ0) is 14.5. The van der Waals surface area contributed by atoms with Crippen molar-refractivity contribution >= 4 is 0 Å². The molecule has 1 aliphatic rings. The molecule has 0 aromatic carbocycles. The Morgan fingerprint density at radius 3 is 2.80 bits per heavy atom. The molecular formula is C17H26N2O. The van der Waals surface area contributed by atoms with E-state index in [0.29, 0.717) is 12.5 Å². The van der Waals surface area contributed by atoms with Crippen molar-refractivity contribution in [1.82, 2.24) is 10.3 Å². The second-order valence-corrected chi connectivity index (χ2v) is 6.10. The van der Waals surface area contributed by atoms with Gasteiger partial charge in [-0.15, -0.1) is 6.58 Å². The second kappa shape index (κ2) is 6.89. The van der Waals surface area contributed by atoms with Crippen LogP contribution in [-0.2, 0) is 6.54 Å². The summed E-state index contributed by atoms with van der Waals surface area (Å²) in [6.07, 6.45) is 3.50. The molecule has 1 aromatic rings. The van der Waals surface area contributed by atoms with E-state index in [1.165, 1.54) is 18.4 Å². The Kier molecular flexibility index (Phi) is 5.18. The van der Waals surface area contributed by atoms with Gasteiger partial charge >= 0.3 is 0 Å². The normalized spacial score (nSPS) is 14.6. The molecule has 1 saturated carbocycles. The van der Waals surface area contributed by atoms with E-state index in [1.807, 2.05) is 6.92 Å². The number of rotatable bonds is 8. The molecule has 0 aliphatic heterocycles. The Hall–Kier alpha value is -1.35. The third-order valence-electron chi connectivity index (χ3n) is 3.42. The quantitative estimate of drug-likeness (QED) is 0.732. The van der Waals surface area contributed by atoms with Crippen molar-refractivity contribution in [2.75, 3.05) is 6.61 Å². The van der Waals surface area contributed by atoms with Gasteiger partial charge in [-0.05, 0) is 37.3 Å². The molecule has 110 valence electrons. The highest BCUT2D eigenvalue weighted by atomic mass is 16.5. The summed E-state index contributed by atoms with van der Waals surface area (Å²) in [5, 5.41) is 3.54. The van der Waals surface area contributed by atoms with Crippen molar-refractivity contribution in [3.63, 3.8) is 0 Å². The smallest absolute Gasteiger partial charge is 0.213 e. The topological polar surface area (TPSA) is 34.1 Å². The molecule has 1 aromatic heterocycles. The number of aromatic nitrogens is 1. The molecule has 0 amide bonds. The zero-order valence-corrected chi connectivity index (χ0v) is 12.9. The Balaban J connectivity index is 2.01. The van der Waals surface area contributed by atoms with Crippen LogP contribution in [0.5, 0.6) is 5.88 Å². The number of nitrogens with zero attached hydrogens (tertiary/aromatic N) is 1. The second-order valence-electron chi connectivity index (χ2n) is 6.10. The lowest BCUT2D eigenvalue weighted by atomic mass is 10.1. The fourth-order valence-corrected chi connectivity index (χ4v) is 1.93. The molecule has 0 spiro atoms. The Morgan fingerprint density at radius 1 is 1.45 bits per heavy atom. The lowest BCUT2D eigenvalue weighted by Gasteiger charge is -2.12. The van der Waals surface area contributed by atoms with Crippen LogP contribution in [0.2, 0.25) is 0 Å². The maximum atomic E-state index is 5.77. The first-order chi connectivity index (χ1) is 9.54. The van der Waals surface area contributed by atoms with Gasteiger partial charge < -0.3 is 10.1 Å². The molecule has 0 unspecified atom stereocenters. The predicted octanol–water partition coefficient (Wildman–Crippen LogP) is 3.80. The Labute approximate surface area is 122 Å². The van der Waals surface area contributed by atoms with Crippen LogP contribution in [0, 0.1) is 0 Å². The van der Waals surface area contributed by atoms with Crippen molar-refractivity contribution in [3.05, 3.63) is 35.5 Å². The van der Waals surface area contributed by atoms with Crippen molar-refractivity contribution in [1.29, 1.82) is 0 Å². The van der Waals surface area contributed by atoms with Crippen LogP contribution < -0.4 is 10.1 Å². The monoisotopic (exact) mass is 274 g/mol. The van der Waals surface area contributed by atoms with E-state index in [1.54, 1.807) is 0 Å². The highest BCUT2D eigenvalue weighted by Gasteiger charge is 2.20. The van der Waals surface area contributed by atoms with Gasteiger partial charge in [0.1, 0.15) is 0 Å². The fourth-order valence-electron chi connectivity index (χ4n) is 1.93. The molecular weight excluding hydrogens is 248 g/mol. The maximum Gasteiger partial charge on any atom is 0.213 e. The van der Waals surface area contributed by atoms with E-state index < -0.39 is 0 Å². The molecule has 1 fully saturated rings. The minimum atomic E-state index is 0.416. The number of hydrogen-bond acceptors (Lipinski definition) is 3. The fraction of sp³-hybridized carbons (Fsp3) is 0.588. The van der Waals surface area contributed by atoms with Gasteiger partial charge in [-0.2, -0.15) is 0 Å². The molecule has 2 rings (SSSR count). The minimum Gasteiger partial charge on any atom is -0.477 e. The van der Waals surface area contributed by atoms with Crippen LogP contribution in [0.3, 0.4) is 0 Å². The lowest BCUT2D eigenvalue weighted by Crippen LogP contribution is -2.16. The molecule has 1 aliphatic carbocycles. The number of pyridine rings is 1. The highest BCUT2D eigenvalue weighted by Crippen LogP contribution is 2.22. The van der Waals surface area contributed by atoms with E-state index in [-0.39, 0.29) is 0 Å². The van der Waals surface area contributed by atoms with Gasteiger partial charge in [0, 0.05) is 30.8 Å². The summed E-state index contributed by atoms with van der Waals surface area (Å²) in [7, 11) is 0. The minimum absolute atomic E-state index is 0.416. The van der Waals surface area contributed by atoms with Crippen LogP contribution >= 0.6 is 0 Å². The van der Waals surface area contributed by atoms with Crippen LogP contribution in [0.1, 0.15) is 57.2 Å². The highest BCUT2D eigenvalue weighted by molar-refractivity contribution is 5.27. The zero-order valence-electron chi connectivity index (χ0n) is 12.9. The summed E-state index contributed by atoms with van der Waals surface area (Å²) in [5.41, 5.74) is 3.51. The largest absolute Gasteiger partial charge is 0.477 e. The van der Waals surface area contributed by atoms with Crippen LogP contribution in [0.25, 0.3) is 0 Å². The molecule has 3 heteroatoms. The summed E-state index contributed by atoms with van der Waals surface area (Å²) in [5.74, 6) is 1.16. The number of ether oxygens (including phenoxy) is 1. The first-order valence-electron chi connectivity index (χ1n) is 7.56. The number of hydrogen-bond donors (Lipinski definition) is 1. The maximum absolute atomic E-state index is 5.77. The van der Waals surface area contributed by atoms with E-state index in [4.69, 9.17) is 4.74 Å². The van der Waals surface area contributed by atoms with Gasteiger partial charge in [-0.3, -0.25) is 0 Å². The van der Waals surface area contributed by atoms with Crippen LogP contribution in [0.4, 0.5) is 0 Å². The molecule has 0 radical (unpaired) electrons. The van der Waals surface area contributed by atoms with E-state index in [9.17, 15) is 0 Å². The van der Waals surface area contributed by atoms with E-state index in [0.717, 1.165) is 36.2 Å². The summed E-state index contributed by atoms with van der Waals surface area (Å²) in [4.78, 5) is 4.59. The summed E-state index contributed by atoms with van der Waals surface area (Å²) in [6, 6.07) is 4.96. The first kappa shape index (κ1) is 15.0. The molecule has 1 N–H and O–H groups in total. The molecule has 0 bridgehead atoms. The van der Waals surface area contributed by atoms with Crippen LogP contribution in [-0.4, -0.2) is 17.6 Å². The average Bonchev–Trinajstić information content (AvgIpc) is 3.19. The van der Waals surface area contributed by atoms with Crippen molar-refractivity contribution < 1.29 is 4.74 Å². The van der Waals surface area contributed by atoms with Gasteiger partial charge in [0.25, 0.3) is 0 Å². The molecule has 0 atom stereocenters. The Morgan fingerprint density at radius 2 is 2.20 bits per heavy atom. The third kappa shape index (κ3) is 4.97. The van der Waals surface area contributed by atoms with Crippen molar-refractivity contribution in [2.45, 2.75) is 58.5 Å². The molecule has 0 saturated heterocycles. The van der Waals surface area contributed by atoms with Gasteiger partial charge in [0.2, 0.25) is 5.88 Å². The SMILES string of the molecule is C=C(C)CCOc1cc(CNC2CC2)cc(C(C)C)n1. The Bertz CT molecular complexity index is 464. The summed E-state index contributed by atoms with van der Waals surface area (Å²) in [6.45, 7) is 11.8. The van der Waals surface area contributed by atoms with E-state index >= 15 is 0 Å². The van der Waals surface area contributed by atoms with E-state index in [2.05, 4.69) is 42.9 Å². The van der Waals surface area contributed by atoms with Gasteiger partial charge in [0.15, 0.2) is 0 Å². The molecule has 3 nitrogen and oxygen atoms in total. The third-order valence-corrected chi connectivity index (χ3v) is 3.42.